The first-order chi connectivity index (χ1) is 19.1. The molecule has 11 nitrogen and oxygen atoms in total. The molecule has 2 rings (SSSR count). The van der Waals surface area contributed by atoms with E-state index in [2.05, 4.69) is 5.32 Å². The van der Waals surface area contributed by atoms with E-state index in [1.54, 1.807) is 25.8 Å². The highest BCUT2D eigenvalue weighted by molar-refractivity contribution is 7.54. The van der Waals surface area contributed by atoms with E-state index in [4.69, 9.17) is 19.5 Å². The molecule has 40 heavy (non-hydrogen) atoms. The Morgan fingerprint density at radius 3 is 2.30 bits per heavy atom. The Labute approximate surface area is 237 Å². The number of aliphatic hydroxyl groups excluding tert-OH is 1. The van der Waals surface area contributed by atoms with E-state index < -0.39 is 37.6 Å². The summed E-state index contributed by atoms with van der Waals surface area (Å²) in [5.41, 5.74) is 6.35. The maximum Gasteiger partial charge on any atom is 0.405 e. The van der Waals surface area contributed by atoms with E-state index in [0.29, 0.717) is 13.0 Å². The van der Waals surface area contributed by atoms with Crippen molar-refractivity contribution in [1.82, 2.24) is 10.2 Å². The minimum Gasteiger partial charge on any atom is -0.436 e. The maximum absolute atomic E-state index is 13.4. The predicted molar refractivity (Wildman–Crippen MR) is 151 cm³/mol. The van der Waals surface area contributed by atoms with Crippen LogP contribution in [-0.2, 0) is 34.4 Å². The first-order valence-electron chi connectivity index (χ1n) is 14.2. The molecule has 0 saturated heterocycles. The predicted octanol–water partition coefficient (Wildman–Crippen LogP) is 3.97. The molecular formula is C28H46N3O8P. The van der Waals surface area contributed by atoms with E-state index >= 15 is 0 Å². The number of ether oxygens (including phenoxy) is 1. The molecule has 1 saturated carbocycles. The van der Waals surface area contributed by atoms with Gasteiger partial charge in [-0.2, -0.15) is 0 Å². The third-order valence-corrected chi connectivity index (χ3v) is 9.37. The van der Waals surface area contributed by atoms with Gasteiger partial charge in [-0.3, -0.25) is 14.2 Å². The Morgan fingerprint density at radius 2 is 1.73 bits per heavy atom. The first-order valence-corrected chi connectivity index (χ1v) is 15.8. The number of nitrogens with two attached hydrogens (primary N) is 1. The lowest BCUT2D eigenvalue weighted by molar-refractivity contribution is -0.133. The van der Waals surface area contributed by atoms with Gasteiger partial charge in [0, 0.05) is 20.0 Å². The van der Waals surface area contributed by atoms with E-state index in [1.165, 1.54) is 0 Å². The fraction of sp³-hybridized carbons (Fsp3) is 0.679. The second-order valence-corrected chi connectivity index (χ2v) is 12.3. The smallest absolute Gasteiger partial charge is 0.405 e. The summed E-state index contributed by atoms with van der Waals surface area (Å²) in [6, 6.07) is 8.59. The molecule has 3 amide bonds. The minimum atomic E-state index is -4.07. The van der Waals surface area contributed by atoms with Crippen molar-refractivity contribution in [3.63, 3.8) is 0 Å². The summed E-state index contributed by atoms with van der Waals surface area (Å²) in [4.78, 5) is 39.4. The molecule has 1 aromatic carbocycles. The molecule has 3 atom stereocenters. The largest absolute Gasteiger partial charge is 0.436 e. The Hall–Kier alpha value is -2.46. The van der Waals surface area contributed by atoms with Gasteiger partial charge in [0.15, 0.2) is 11.9 Å². The Balaban J connectivity index is 2.15. The third-order valence-electron chi connectivity index (χ3n) is 7.13. The second kappa shape index (κ2) is 17.4. The summed E-state index contributed by atoms with van der Waals surface area (Å²) in [5, 5.41) is 13.8. The molecule has 0 aromatic heterocycles. The molecule has 0 heterocycles. The molecule has 0 radical (unpaired) electrons. The number of hydrogen-bond donors (Lipinski definition) is 3. The van der Waals surface area contributed by atoms with Gasteiger partial charge < -0.3 is 34.8 Å². The van der Waals surface area contributed by atoms with Gasteiger partial charge in [-0.15, -0.1) is 0 Å². The monoisotopic (exact) mass is 583 g/mol. The molecule has 1 aromatic rings. The average molecular weight is 584 g/mol. The number of carbonyl (C=O) groups is 3. The molecule has 0 spiro atoms. The topological polar surface area (TPSA) is 157 Å². The number of hydrogen-bond acceptors (Lipinski definition) is 8. The van der Waals surface area contributed by atoms with Gasteiger partial charge in [-0.1, -0.05) is 62.4 Å². The van der Waals surface area contributed by atoms with Crippen molar-refractivity contribution in [2.75, 3.05) is 26.8 Å². The molecule has 1 aliphatic carbocycles. The van der Waals surface area contributed by atoms with Crippen molar-refractivity contribution in [2.24, 2.45) is 11.7 Å². The van der Waals surface area contributed by atoms with Gasteiger partial charge in [0.1, 0.15) is 0 Å². The first kappa shape index (κ1) is 33.7. The summed E-state index contributed by atoms with van der Waals surface area (Å²) in [6.45, 7) is 3.71. The molecular weight excluding hydrogens is 537 g/mol. The molecule has 4 N–H and O–H groups in total. The molecule has 1 aliphatic rings. The number of carbonyl (C=O) groups excluding carboxylic acids is 3. The van der Waals surface area contributed by atoms with E-state index in [1.807, 2.05) is 30.3 Å². The zero-order chi connectivity index (χ0) is 29.5. The SMILES string of the molecule is CCOP(=O)(OCC)C(O)[C@H](CCC(=O)N(C)CCc1ccccc1)NC(=O)[C@H](CC1CCCCC1)OC(N)=O. The zero-order valence-corrected chi connectivity index (χ0v) is 24.9. The van der Waals surface area contributed by atoms with Gasteiger partial charge in [-0.05, 0) is 44.6 Å². The van der Waals surface area contributed by atoms with Crippen molar-refractivity contribution in [3.8, 4) is 0 Å². The van der Waals surface area contributed by atoms with Crippen LogP contribution in [0, 0.1) is 5.92 Å². The van der Waals surface area contributed by atoms with Crippen LogP contribution in [0.5, 0.6) is 0 Å². The minimum absolute atomic E-state index is 0.00521. The van der Waals surface area contributed by atoms with Gasteiger partial charge in [-0.25, -0.2) is 4.79 Å². The molecule has 12 heteroatoms. The highest BCUT2D eigenvalue weighted by atomic mass is 31.2. The maximum atomic E-state index is 13.4. The third kappa shape index (κ3) is 11.2. The summed E-state index contributed by atoms with van der Waals surface area (Å²) < 4.78 is 29.2. The van der Waals surface area contributed by atoms with Crippen LogP contribution in [0.4, 0.5) is 4.79 Å². The van der Waals surface area contributed by atoms with Crippen molar-refractivity contribution >= 4 is 25.5 Å². The van der Waals surface area contributed by atoms with Crippen LogP contribution in [0.1, 0.15) is 70.8 Å². The molecule has 0 bridgehead atoms. The zero-order valence-electron chi connectivity index (χ0n) is 24.0. The van der Waals surface area contributed by atoms with Crippen LogP contribution in [0.25, 0.3) is 0 Å². The van der Waals surface area contributed by atoms with Gasteiger partial charge in [0.05, 0.1) is 19.3 Å². The van der Waals surface area contributed by atoms with Crippen molar-refractivity contribution in [3.05, 3.63) is 35.9 Å². The fourth-order valence-corrected chi connectivity index (χ4v) is 6.72. The standard InChI is InChI=1S/C28H46N3O8P/c1-4-37-40(36,38-5-2)27(34)23(16-17-25(32)31(3)19-18-21-12-8-6-9-13-21)30-26(33)24(39-28(29)35)20-22-14-10-7-11-15-22/h6,8-9,12-13,22-24,27,34H,4-5,7,10-11,14-20H2,1-3H3,(H2,29,35)(H,30,33)/t23-,24-,27?/m0/s1. The lowest BCUT2D eigenvalue weighted by atomic mass is 9.85. The highest BCUT2D eigenvalue weighted by Crippen LogP contribution is 2.53. The van der Waals surface area contributed by atoms with Crippen LogP contribution < -0.4 is 11.1 Å². The quantitative estimate of drug-likeness (QED) is 0.233. The van der Waals surface area contributed by atoms with Crippen LogP contribution in [-0.4, -0.2) is 72.7 Å². The van der Waals surface area contributed by atoms with E-state index in [9.17, 15) is 24.1 Å². The Morgan fingerprint density at radius 1 is 1.10 bits per heavy atom. The van der Waals surface area contributed by atoms with Crippen LogP contribution in [0.3, 0.4) is 0 Å². The number of benzene rings is 1. The van der Waals surface area contributed by atoms with Crippen molar-refractivity contribution < 1.29 is 37.8 Å². The van der Waals surface area contributed by atoms with Gasteiger partial charge in [0.2, 0.25) is 5.91 Å². The lowest BCUT2D eigenvalue weighted by Crippen LogP contribution is -2.49. The fourth-order valence-electron chi connectivity index (χ4n) is 4.95. The number of aliphatic hydroxyl groups is 1. The van der Waals surface area contributed by atoms with Gasteiger partial charge in [0.25, 0.3) is 5.91 Å². The summed E-state index contributed by atoms with van der Waals surface area (Å²) >= 11 is 0. The summed E-state index contributed by atoms with van der Waals surface area (Å²) in [7, 11) is -2.39. The Kier molecular flexibility index (Phi) is 14.7. The average Bonchev–Trinajstić information content (AvgIpc) is 2.94. The van der Waals surface area contributed by atoms with Crippen molar-refractivity contribution in [1.29, 1.82) is 0 Å². The number of rotatable bonds is 17. The van der Waals surface area contributed by atoms with Crippen LogP contribution in [0.2, 0.25) is 0 Å². The van der Waals surface area contributed by atoms with Crippen LogP contribution >= 0.6 is 7.60 Å². The lowest BCUT2D eigenvalue weighted by Gasteiger charge is -2.31. The summed E-state index contributed by atoms with van der Waals surface area (Å²) in [5.74, 6) is -2.46. The number of nitrogens with zero attached hydrogens (tertiary/aromatic N) is 1. The molecule has 1 unspecified atom stereocenters. The summed E-state index contributed by atoms with van der Waals surface area (Å²) in [6.07, 6.45) is 3.60. The normalized spacial score (nSPS) is 16.5. The molecule has 226 valence electrons. The van der Waals surface area contributed by atoms with Gasteiger partial charge >= 0.3 is 13.7 Å². The van der Waals surface area contributed by atoms with Crippen LogP contribution in [0.15, 0.2) is 30.3 Å². The molecule has 0 aliphatic heterocycles. The highest BCUT2D eigenvalue weighted by Gasteiger charge is 2.42. The van der Waals surface area contributed by atoms with Crippen molar-refractivity contribution in [2.45, 2.75) is 89.6 Å². The number of nitrogens with one attached hydrogen (secondary N) is 1. The van der Waals surface area contributed by atoms with E-state index in [0.717, 1.165) is 37.7 Å². The Bertz CT molecular complexity index is 964. The van der Waals surface area contributed by atoms with E-state index in [-0.39, 0.29) is 44.3 Å². The number of amides is 3. The second-order valence-electron chi connectivity index (χ2n) is 10.2. The number of likely N-dealkylation sites (N-methyl/N-ethyl adjacent to an activating group) is 1. The molecule has 1 fully saturated rings. The number of primary amides is 1.